The molecule has 0 fully saturated rings. The molecule has 1 N–H and O–H groups in total. The van der Waals surface area contributed by atoms with Gasteiger partial charge in [-0.15, -0.1) is 0 Å². The van der Waals surface area contributed by atoms with E-state index in [0.29, 0.717) is 12.0 Å². The standard InChI is InChI=1S/C16H29N3/c1-6-8-17-16-10-15(7-9-18-16)12-19(14(4)5)11-13(2)3/h7,9-10,13-14H,6,8,11-12H2,1-5H3,(H,17,18). The zero-order valence-electron chi connectivity index (χ0n) is 13.1. The highest BCUT2D eigenvalue weighted by atomic mass is 15.1. The normalized spacial score (nSPS) is 11.6. The van der Waals surface area contributed by atoms with Gasteiger partial charge < -0.3 is 5.32 Å². The number of hydrogen-bond donors (Lipinski definition) is 1. The Kier molecular flexibility index (Phi) is 6.85. The maximum absolute atomic E-state index is 4.36. The highest BCUT2D eigenvalue weighted by Crippen LogP contribution is 2.13. The van der Waals surface area contributed by atoms with Crippen LogP contribution in [-0.2, 0) is 6.54 Å². The third-order valence-corrected chi connectivity index (χ3v) is 3.10. The smallest absolute Gasteiger partial charge is 0.126 e. The molecule has 0 spiro atoms. The summed E-state index contributed by atoms with van der Waals surface area (Å²) in [5, 5.41) is 3.35. The minimum absolute atomic E-state index is 0.572. The van der Waals surface area contributed by atoms with E-state index in [0.717, 1.165) is 31.9 Å². The van der Waals surface area contributed by atoms with Crippen LogP contribution in [-0.4, -0.2) is 29.0 Å². The minimum atomic E-state index is 0.572. The van der Waals surface area contributed by atoms with Gasteiger partial charge in [0.15, 0.2) is 0 Å². The molecule has 0 bridgehead atoms. The Balaban J connectivity index is 2.67. The maximum Gasteiger partial charge on any atom is 0.126 e. The molecule has 0 aliphatic carbocycles. The van der Waals surface area contributed by atoms with Gasteiger partial charge in [0, 0.05) is 31.9 Å². The lowest BCUT2D eigenvalue weighted by Gasteiger charge is -2.28. The molecule has 3 nitrogen and oxygen atoms in total. The summed E-state index contributed by atoms with van der Waals surface area (Å²) in [5.41, 5.74) is 1.34. The fourth-order valence-corrected chi connectivity index (χ4v) is 2.08. The fourth-order valence-electron chi connectivity index (χ4n) is 2.08. The summed E-state index contributed by atoms with van der Waals surface area (Å²) in [5.74, 6) is 1.69. The van der Waals surface area contributed by atoms with Crippen molar-refractivity contribution in [3.05, 3.63) is 23.9 Å². The molecule has 0 radical (unpaired) electrons. The molecule has 1 aromatic rings. The Morgan fingerprint density at radius 3 is 2.58 bits per heavy atom. The van der Waals surface area contributed by atoms with Gasteiger partial charge in [0.25, 0.3) is 0 Å². The second-order valence-electron chi connectivity index (χ2n) is 5.89. The third kappa shape index (κ3) is 6.06. The van der Waals surface area contributed by atoms with Crippen molar-refractivity contribution in [2.75, 3.05) is 18.4 Å². The van der Waals surface area contributed by atoms with E-state index in [1.165, 1.54) is 5.56 Å². The number of anilines is 1. The topological polar surface area (TPSA) is 28.2 Å². The Hall–Kier alpha value is -1.09. The van der Waals surface area contributed by atoms with E-state index in [4.69, 9.17) is 0 Å². The van der Waals surface area contributed by atoms with Gasteiger partial charge in [0.05, 0.1) is 0 Å². The Morgan fingerprint density at radius 2 is 2.00 bits per heavy atom. The van der Waals surface area contributed by atoms with Crippen molar-refractivity contribution < 1.29 is 0 Å². The molecule has 1 heterocycles. The van der Waals surface area contributed by atoms with Crippen LogP contribution in [0.25, 0.3) is 0 Å². The zero-order chi connectivity index (χ0) is 14.3. The lowest BCUT2D eigenvalue weighted by molar-refractivity contribution is 0.189. The lowest BCUT2D eigenvalue weighted by Crippen LogP contribution is -2.33. The van der Waals surface area contributed by atoms with Crippen molar-refractivity contribution in [3.63, 3.8) is 0 Å². The molecular weight excluding hydrogens is 234 g/mol. The van der Waals surface area contributed by atoms with Gasteiger partial charge in [0.1, 0.15) is 5.82 Å². The van der Waals surface area contributed by atoms with Crippen molar-refractivity contribution in [1.82, 2.24) is 9.88 Å². The highest BCUT2D eigenvalue weighted by Gasteiger charge is 2.12. The van der Waals surface area contributed by atoms with Gasteiger partial charge in [-0.1, -0.05) is 20.8 Å². The fraction of sp³-hybridized carbons (Fsp3) is 0.688. The van der Waals surface area contributed by atoms with Crippen LogP contribution in [0.4, 0.5) is 5.82 Å². The van der Waals surface area contributed by atoms with E-state index in [9.17, 15) is 0 Å². The van der Waals surface area contributed by atoms with Crippen LogP contribution < -0.4 is 5.32 Å². The number of nitrogens with one attached hydrogen (secondary N) is 1. The van der Waals surface area contributed by atoms with E-state index >= 15 is 0 Å². The monoisotopic (exact) mass is 263 g/mol. The SMILES string of the molecule is CCCNc1cc(CN(CC(C)C)C(C)C)ccn1. The highest BCUT2D eigenvalue weighted by molar-refractivity contribution is 5.37. The Bertz CT molecular complexity index is 361. The van der Waals surface area contributed by atoms with Crippen molar-refractivity contribution in [1.29, 1.82) is 0 Å². The van der Waals surface area contributed by atoms with Crippen LogP contribution in [0.3, 0.4) is 0 Å². The zero-order valence-corrected chi connectivity index (χ0v) is 13.1. The van der Waals surface area contributed by atoms with Crippen molar-refractivity contribution in [3.8, 4) is 0 Å². The Labute approximate surface area is 118 Å². The first-order valence-electron chi connectivity index (χ1n) is 7.45. The summed E-state index contributed by atoms with van der Waals surface area (Å²) in [4.78, 5) is 6.88. The lowest BCUT2D eigenvalue weighted by atomic mass is 10.1. The molecule has 0 saturated heterocycles. The van der Waals surface area contributed by atoms with Gasteiger partial charge >= 0.3 is 0 Å². The third-order valence-electron chi connectivity index (χ3n) is 3.10. The average molecular weight is 263 g/mol. The second-order valence-corrected chi connectivity index (χ2v) is 5.89. The largest absolute Gasteiger partial charge is 0.370 e. The van der Waals surface area contributed by atoms with Crippen LogP contribution >= 0.6 is 0 Å². The molecule has 19 heavy (non-hydrogen) atoms. The van der Waals surface area contributed by atoms with Crippen molar-refractivity contribution >= 4 is 5.82 Å². The molecule has 0 aliphatic rings. The van der Waals surface area contributed by atoms with Gasteiger partial charge in [0.2, 0.25) is 0 Å². The molecule has 0 amide bonds. The first-order chi connectivity index (χ1) is 9.02. The van der Waals surface area contributed by atoms with Crippen LogP contribution in [0.15, 0.2) is 18.3 Å². The van der Waals surface area contributed by atoms with Crippen LogP contribution in [0.2, 0.25) is 0 Å². The molecule has 0 unspecified atom stereocenters. The predicted octanol–water partition coefficient (Wildman–Crippen LogP) is 3.77. The molecule has 108 valence electrons. The number of aromatic nitrogens is 1. The van der Waals surface area contributed by atoms with E-state index in [1.807, 2.05) is 6.20 Å². The Morgan fingerprint density at radius 1 is 1.26 bits per heavy atom. The second kappa shape index (κ2) is 8.16. The molecular formula is C16H29N3. The number of rotatable bonds is 8. The summed E-state index contributed by atoms with van der Waals surface area (Å²) in [6.07, 6.45) is 3.03. The molecule has 3 heteroatoms. The summed E-state index contributed by atoms with van der Waals surface area (Å²) < 4.78 is 0. The van der Waals surface area contributed by atoms with Crippen molar-refractivity contribution in [2.45, 2.75) is 53.6 Å². The number of pyridine rings is 1. The van der Waals surface area contributed by atoms with Crippen LogP contribution in [0.5, 0.6) is 0 Å². The van der Waals surface area contributed by atoms with Crippen LogP contribution in [0, 0.1) is 5.92 Å². The molecule has 1 aromatic heterocycles. The maximum atomic E-state index is 4.36. The van der Waals surface area contributed by atoms with Gasteiger partial charge in [-0.2, -0.15) is 0 Å². The number of nitrogens with zero attached hydrogens (tertiary/aromatic N) is 2. The summed E-state index contributed by atoms with van der Waals surface area (Å²) in [6.45, 7) is 14.4. The number of hydrogen-bond acceptors (Lipinski definition) is 3. The molecule has 0 aromatic carbocycles. The van der Waals surface area contributed by atoms with Gasteiger partial charge in [-0.3, -0.25) is 4.90 Å². The molecule has 0 atom stereocenters. The summed E-state index contributed by atoms with van der Waals surface area (Å²) in [6, 6.07) is 4.86. The van der Waals surface area contributed by atoms with E-state index in [2.05, 4.69) is 62.0 Å². The minimum Gasteiger partial charge on any atom is -0.370 e. The first kappa shape index (κ1) is 16.0. The summed E-state index contributed by atoms with van der Waals surface area (Å²) in [7, 11) is 0. The van der Waals surface area contributed by atoms with Crippen LogP contribution in [0.1, 0.15) is 46.6 Å². The van der Waals surface area contributed by atoms with E-state index in [1.54, 1.807) is 0 Å². The molecule has 0 aliphatic heterocycles. The molecule has 0 saturated carbocycles. The summed E-state index contributed by atoms with van der Waals surface area (Å²) >= 11 is 0. The van der Waals surface area contributed by atoms with E-state index < -0.39 is 0 Å². The van der Waals surface area contributed by atoms with E-state index in [-0.39, 0.29) is 0 Å². The van der Waals surface area contributed by atoms with Gasteiger partial charge in [-0.25, -0.2) is 4.98 Å². The van der Waals surface area contributed by atoms with Gasteiger partial charge in [-0.05, 0) is 43.9 Å². The average Bonchev–Trinajstić information content (AvgIpc) is 2.35. The van der Waals surface area contributed by atoms with Crippen molar-refractivity contribution in [2.24, 2.45) is 5.92 Å². The quantitative estimate of drug-likeness (QED) is 0.774. The first-order valence-corrected chi connectivity index (χ1v) is 7.45. The predicted molar refractivity (Wildman–Crippen MR) is 83.4 cm³/mol. The molecule has 1 rings (SSSR count).